The maximum atomic E-state index is 12.6. The summed E-state index contributed by atoms with van der Waals surface area (Å²) in [6.45, 7) is 4.29. The van der Waals surface area contributed by atoms with E-state index in [1.165, 1.54) is 16.3 Å². The zero-order valence-corrected chi connectivity index (χ0v) is 17.2. The molecule has 1 atom stereocenters. The number of thioether (sulfide) groups is 1. The number of nitrogens with zero attached hydrogens (tertiary/aromatic N) is 2. The lowest BCUT2D eigenvalue weighted by Gasteiger charge is -2.21. The molecule has 1 unspecified atom stereocenters. The summed E-state index contributed by atoms with van der Waals surface area (Å²) >= 11 is 1.28. The Kier molecular flexibility index (Phi) is 6.52. The van der Waals surface area contributed by atoms with E-state index in [0.29, 0.717) is 22.0 Å². The first-order chi connectivity index (χ1) is 13.5. The predicted molar refractivity (Wildman–Crippen MR) is 114 cm³/mol. The second-order valence-electron chi connectivity index (χ2n) is 7.22. The zero-order valence-electron chi connectivity index (χ0n) is 16.4. The van der Waals surface area contributed by atoms with Crippen molar-refractivity contribution < 1.29 is 4.79 Å². The van der Waals surface area contributed by atoms with Gasteiger partial charge < -0.3 is 5.32 Å². The van der Waals surface area contributed by atoms with Gasteiger partial charge in [0.05, 0.1) is 22.7 Å². The van der Waals surface area contributed by atoms with E-state index in [4.69, 9.17) is 0 Å². The highest BCUT2D eigenvalue weighted by molar-refractivity contribution is 7.99. The molecule has 6 heteroatoms. The van der Waals surface area contributed by atoms with Gasteiger partial charge in [-0.3, -0.25) is 14.2 Å². The Morgan fingerprint density at radius 1 is 1.11 bits per heavy atom. The molecule has 1 amide bonds. The van der Waals surface area contributed by atoms with E-state index >= 15 is 0 Å². The average Bonchev–Trinajstić information content (AvgIpc) is 2.69. The fourth-order valence-electron chi connectivity index (χ4n) is 3.13. The van der Waals surface area contributed by atoms with Gasteiger partial charge in [-0.15, -0.1) is 0 Å². The third-order valence-corrected chi connectivity index (χ3v) is 5.55. The molecule has 0 saturated carbocycles. The summed E-state index contributed by atoms with van der Waals surface area (Å²) < 4.78 is 1.50. The summed E-state index contributed by atoms with van der Waals surface area (Å²) in [4.78, 5) is 29.6. The molecule has 0 aliphatic rings. The molecule has 0 bridgehead atoms. The Morgan fingerprint density at radius 2 is 1.79 bits per heavy atom. The van der Waals surface area contributed by atoms with Crippen molar-refractivity contribution in [3.8, 4) is 0 Å². The van der Waals surface area contributed by atoms with Crippen molar-refractivity contribution in [1.29, 1.82) is 0 Å². The highest BCUT2D eigenvalue weighted by Crippen LogP contribution is 2.22. The first-order valence-corrected chi connectivity index (χ1v) is 10.4. The molecule has 146 valence electrons. The average molecular weight is 396 g/mol. The van der Waals surface area contributed by atoms with E-state index < -0.39 is 0 Å². The highest BCUT2D eigenvalue weighted by Gasteiger charge is 2.17. The van der Waals surface area contributed by atoms with Gasteiger partial charge in [0.1, 0.15) is 0 Å². The van der Waals surface area contributed by atoms with Crippen LogP contribution in [0.4, 0.5) is 0 Å². The summed E-state index contributed by atoms with van der Waals surface area (Å²) in [6.07, 6.45) is 0.868. The van der Waals surface area contributed by atoms with Crippen LogP contribution in [0.5, 0.6) is 0 Å². The highest BCUT2D eigenvalue weighted by atomic mass is 32.2. The van der Waals surface area contributed by atoms with Crippen LogP contribution in [0.3, 0.4) is 0 Å². The van der Waals surface area contributed by atoms with E-state index in [9.17, 15) is 9.59 Å². The van der Waals surface area contributed by atoms with Crippen LogP contribution in [0.15, 0.2) is 64.5 Å². The van der Waals surface area contributed by atoms with Crippen molar-refractivity contribution in [1.82, 2.24) is 14.9 Å². The molecule has 0 saturated heterocycles. The third-order valence-electron chi connectivity index (χ3n) is 4.52. The summed E-state index contributed by atoms with van der Waals surface area (Å²) in [7, 11) is 1.69. The van der Waals surface area contributed by atoms with Crippen molar-refractivity contribution in [3.05, 3.63) is 70.5 Å². The maximum Gasteiger partial charge on any atom is 0.261 e. The fourth-order valence-corrected chi connectivity index (χ4v) is 3.91. The van der Waals surface area contributed by atoms with Crippen LogP contribution < -0.4 is 10.9 Å². The van der Waals surface area contributed by atoms with E-state index in [0.717, 1.165) is 12.0 Å². The molecule has 2 aromatic carbocycles. The fraction of sp³-hybridized carbons (Fsp3) is 0.318. The minimum atomic E-state index is -0.101. The second-order valence-corrected chi connectivity index (χ2v) is 8.17. The van der Waals surface area contributed by atoms with Gasteiger partial charge in [-0.05, 0) is 30.0 Å². The lowest BCUT2D eigenvalue weighted by Crippen LogP contribution is -2.31. The number of rotatable bonds is 7. The number of hydrogen-bond acceptors (Lipinski definition) is 4. The van der Waals surface area contributed by atoms with Crippen LogP contribution in [0, 0.1) is 5.92 Å². The van der Waals surface area contributed by atoms with Gasteiger partial charge >= 0.3 is 0 Å². The number of fused-ring (bicyclic) bond motifs is 1. The maximum absolute atomic E-state index is 12.6. The summed E-state index contributed by atoms with van der Waals surface area (Å²) in [6, 6.07) is 17.2. The van der Waals surface area contributed by atoms with Crippen LogP contribution in [0.2, 0.25) is 0 Å². The molecule has 0 aliphatic heterocycles. The van der Waals surface area contributed by atoms with Gasteiger partial charge in [0.15, 0.2) is 5.16 Å². The van der Waals surface area contributed by atoms with E-state index in [1.54, 1.807) is 13.1 Å². The van der Waals surface area contributed by atoms with Gasteiger partial charge in [-0.2, -0.15) is 0 Å². The molecule has 0 radical (unpaired) electrons. The Hall–Kier alpha value is -2.60. The lowest BCUT2D eigenvalue weighted by atomic mass is 9.97. The minimum Gasteiger partial charge on any atom is -0.349 e. The van der Waals surface area contributed by atoms with Crippen molar-refractivity contribution in [2.24, 2.45) is 13.0 Å². The molecule has 0 fully saturated rings. The van der Waals surface area contributed by atoms with Crippen molar-refractivity contribution in [2.45, 2.75) is 31.5 Å². The summed E-state index contributed by atoms with van der Waals surface area (Å²) in [5.74, 6) is 0.600. The molecule has 1 N–H and O–H groups in total. The standard InChI is InChI=1S/C22H25N3O2S/c1-15(2)13-19(16-9-5-4-6-10-16)23-20(26)14-28-22-24-18-12-8-7-11-17(18)21(27)25(22)3/h4-12,15,19H,13-14H2,1-3H3,(H,23,26). The number of aromatic nitrogens is 2. The zero-order chi connectivity index (χ0) is 20.1. The topological polar surface area (TPSA) is 64.0 Å². The van der Waals surface area contributed by atoms with Crippen LogP contribution >= 0.6 is 11.8 Å². The third kappa shape index (κ3) is 4.81. The molecule has 28 heavy (non-hydrogen) atoms. The Morgan fingerprint density at radius 3 is 2.50 bits per heavy atom. The minimum absolute atomic E-state index is 0.0253. The number of benzene rings is 2. The Bertz CT molecular complexity index is 1020. The molecule has 1 heterocycles. The summed E-state index contributed by atoms with van der Waals surface area (Å²) in [5.41, 5.74) is 1.65. The van der Waals surface area contributed by atoms with Crippen LogP contribution in [0.1, 0.15) is 31.9 Å². The molecular weight excluding hydrogens is 370 g/mol. The number of carbonyl (C=O) groups excluding carboxylic acids is 1. The van der Waals surface area contributed by atoms with Crippen LogP contribution in [0.25, 0.3) is 10.9 Å². The molecule has 5 nitrogen and oxygen atoms in total. The molecule has 1 aromatic heterocycles. The largest absolute Gasteiger partial charge is 0.349 e. The molecule has 3 rings (SSSR count). The molecule has 0 spiro atoms. The van der Waals surface area contributed by atoms with Crippen LogP contribution in [-0.4, -0.2) is 21.2 Å². The van der Waals surface area contributed by atoms with Crippen molar-refractivity contribution in [3.63, 3.8) is 0 Å². The predicted octanol–water partition coefficient (Wildman–Crippen LogP) is 3.93. The van der Waals surface area contributed by atoms with Crippen molar-refractivity contribution >= 4 is 28.6 Å². The van der Waals surface area contributed by atoms with E-state index in [2.05, 4.69) is 24.1 Å². The van der Waals surface area contributed by atoms with Crippen molar-refractivity contribution in [2.75, 3.05) is 5.75 Å². The number of amides is 1. The molecular formula is C22H25N3O2S. The van der Waals surface area contributed by atoms with Gasteiger partial charge in [0, 0.05) is 7.05 Å². The molecule has 3 aromatic rings. The van der Waals surface area contributed by atoms with Gasteiger partial charge in [-0.25, -0.2) is 4.98 Å². The first kappa shape index (κ1) is 20.1. The Labute approximate surface area is 169 Å². The smallest absolute Gasteiger partial charge is 0.261 e. The quantitative estimate of drug-likeness (QED) is 0.486. The van der Waals surface area contributed by atoms with E-state index in [1.807, 2.05) is 48.5 Å². The number of hydrogen-bond donors (Lipinski definition) is 1. The molecule has 0 aliphatic carbocycles. The van der Waals surface area contributed by atoms with Crippen LogP contribution in [-0.2, 0) is 11.8 Å². The monoisotopic (exact) mass is 395 g/mol. The summed E-state index contributed by atoms with van der Waals surface area (Å²) in [5, 5.41) is 4.26. The second kappa shape index (κ2) is 9.06. The number of para-hydroxylation sites is 1. The number of carbonyl (C=O) groups is 1. The van der Waals surface area contributed by atoms with Gasteiger partial charge in [-0.1, -0.05) is 68.1 Å². The van der Waals surface area contributed by atoms with E-state index in [-0.39, 0.29) is 23.3 Å². The van der Waals surface area contributed by atoms with Gasteiger partial charge in [0.25, 0.3) is 5.56 Å². The normalized spacial score (nSPS) is 12.3. The lowest BCUT2D eigenvalue weighted by molar-refractivity contribution is -0.119. The number of nitrogens with one attached hydrogen (secondary N) is 1. The Balaban J connectivity index is 1.72. The van der Waals surface area contributed by atoms with Gasteiger partial charge in [0.2, 0.25) is 5.91 Å². The first-order valence-electron chi connectivity index (χ1n) is 9.38. The SMILES string of the molecule is CC(C)CC(NC(=O)CSc1nc2ccccc2c(=O)n1C)c1ccccc1.